The first-order valence-corrected chi connectivity index (χ1v) is 5.18. The Balaban J connectivity index is 2.64. The quantitative estimate of drug-likeness (QED) is 0.720. The zero-order chi connectivity index (χ0) is 12.0. The summed E-state index contributed by atoms with van der Waals surface area (Å²) >= 11 is 0. The molecule has 0 radical (unpaired) electrons. The van der Waals surface area contributed by atoms with Crippen LogP contribution in [0.2, 0.25) is 0 Å². The fourth-order valence-corrected chi connectivity index (χ4v) is 1.35. The van der Waals surface area contributed by atoms with E-state index in [0.29, 0.717) is 19.0 Å². The van der Waals surface area contributed by atoms with E-state index in [-0.39, 0.29) is 0 Å². The van der Waals surface area contributed by atoms with E-state index in [1.807, 2.05) is 11.5 Å². The number of ether oxygens (including phenoxy) is 1. The minimum atomic E-state index is -0.900. The van der Waals surface area contributed by atoms with Crippen LogP contribution in [0, 0.1) is 0 Å². The molecule has 16 heavy (non-hydrogen) atoms. The van der Waals surface area contributed by atoms with Gasteiger partial charge in [-0.15, -0.1) is 0 Å². The lowest BCUT2D eigenvalue weighted by Crippen LogP contribution is -2.31. The third-order valence-electron chi connectivity index (χ3n) is 2.27. The fraction of sp³-hybridized carbons (Fsp3) is 0.600. The summed E-state index contributed by atoms with van der Waals surface area (Å²) in [5.41, 5.74) is 0. The summed E-state index contributed by atoms with van der Waals surface area (Å²) in [5.74, 6) is -0.325. The molecule has 0 saturated carbocycles. The second-order valence-corrected chi connectivity index (χ2v) is 3.35. The molecule has 1 aromatic heterocycles. The van der Waals surface area contributed by atoms with Gasteiger partial charge in [-0.05, 0) is 6.92 Å². The number of carboxylic acids is 1. The molecule has 0 aliphatic carbocycles. The number of rotatable bonds is 7. The van der Waals surface area contributed by atoms with Crippen molar-refractivity contribution in [3.63, 3.8) is 0 Å². The zero-order valence-corrected chi connectivity index (χ0v) is 9.51. The molecule has 0 amide bonds. The van der Waals surface area contributed by atoms with E-state index in [0.717, 1.165) is 6.54 Å². The van der Waals surface area contributed by atoms with Crippen molar-refractivity contribution in [1.82, 2.24) is 9.55 Å². The summed E-state index contributed by atoms with van der Waals surface area (Å²) in [6.45, 7) is 3.12. The third kappa shape index (κ3) is 3.23. The van der Waals surface area contributed by atoms with Gasteiger partial charge in [0, 0.05) is 39.1 Å². The van der Waals surface area contributed by atoms with E-state index in [1.54, 1.807) is 19.5 Å². The number of imidazole rings is 1. The number of aliphatic carboxylic acids is 1. The van der Waals surface area contributed by atoms with Crippen molar-refractivity contribution < 1.29 is 14.6 Å². The van der Waals surface area contributed by atoms with Crippen molar-refractivity contribution in [3.8, 4) is 0 Å². The minimum Gasteiger partial charge on any atom is -0.480 e. The van der Waals surface area contributed by atoms with Gasteiger partial charge in [-0.2, -0.15) is 0 Å². The van der Waals surface area contributed by atoms with E-state index < -0.39 is 12.0 Å². The molecule has 0 bridgehead atoms. The van der Waals surface area contributed by atoms with Gasteiger partial charge in [-0.25, -0.2) is 9.78 Å². The van der Waals surface area contributed by atoms with Gasteiger partial charge in [0.1, 0.15) is 6.04 Å². The number of carbonyl (C=O) groups is 1. The van der Waals surface area contributed by atoms with Crippen LogP contribution in [-0.2, 0) is 16.1 Å². The molecule has 1 aromatic rings. The molecular formula is C10H17N3O3. The van der Waals surface area contributed by atoms with E-state index >= 15 is 0 Å². The van der Waals surface area contributed by atoms with Crippen LogP contribution in [0.1, 0.15) is 13.3 Å². The summed E-state index contributed by atoms with van der Waals surface area (Å²) < 4.78 is 6.72. The van der Waals surface area contributed by atoms with E-state index in [1.165, 1.54) is 0 Å². The molecule has 0 saturated heterocycles. The third-order valence-corrected chi connectivity index (χ3v) is 2.27. The first kappa shape index (κ1) is 12.5. The monoisotopic (exact) mass is 227 g/mol. The lowest BCUT2D eigenvalue weighted by atomic mass is 10.2. The van der Waals surface area contributed by atoms with Crippen molar-refractivity contribution in [2.45, 2.75) is 25.9 Å². The average molecular weight is 227 g/mol. The average Bonchev–Trinajstić information content (AvgIpc) is 2.70. The number of hydrogen-bond donors (Lipinski definition) is 2. The number of nitrogens with zero attached hydrogens (tertiary/aromatic N) is 2. The van der Waals surface area contributed by atoms with Crippen LogP contribution in [-0.4, -0.2) is 40.4 Å². The normalized spacial score (nSPS) is 12.4. The Bertz CT molecular complexity index is 338. The predicted molar refractivity (Wildman–Crippen MR) is 59.4 cm³/mol. The molecular weight excluding hydrogens is 210 g/mol. The molecule has 1 atom stereocenters. The fourth-order valence-electron chi connectivity index (χ4n) is 1.35. The Hall–Kier alpha value is -1.56. The lowest BCUT2D eigenvalue weighted by Gasteiger charge is -2.15. The first-order chi connectivity index (χ1) is 7.69. The Morgan fingerprint density at radius 1 is 1.75 bits per heavy atom. The van der Waals surface area contributed by atoms with Gasteiger partial charge in [0.15, 0.2) is 0 Å². The van der Waals surface area contributed by atoms with Crippen molar-refractivity contribution in [3.05, 3.63) is 12.4 Å². The number of anilines is 1. The number of nitrogens with one attached hydrogen (secondary N) is 1. The van der Waals surface area contributed by atoms with Crippen LogP contribution >= 0.6 is 0 Å². The molecule has 0 aliphatic rings. The highest BCUT2D eigenvalue weighted by Crippen LogP contribution is 2.08. The highest BCUT2D eigenvalue weighted by atomic mass is 16.5. The second-order valence-electron chi connectivity index (χ2n) is 3.35. The van der Waals surface area contributed by atoms with Crippen molar-refractivity contribution >= 4 is 11.9 Å². The number of methoxy groups -OCH3 is 1. The van der Waals surface area contributed by atoms with Crippen LogP contribution < -0.4 is 5.32 Å². The van der Waals surface area contributed by atoms with Crippen LogP contribution in [0.5, 0.6) is 0 Å². The molecule has 0 fully saturated rings. The number of aryl methyl sites for hydroxylation is 1. The van der Waals surface area contributed by atoms with Gasteiger partial charge in [0.2, 0.25) is 5.95 Å². The van der Waals surface area contributed by atoms with Crippen LogP contribution in [0.15, 0.2) is 12.4 Å². The Morgan fingerprint density at radius 2 is 2.50 bits per heavy atom. The number of carboxylic acid groups (broad SMARTS) is 1. The van der Waals surface area contributed by atoms with E-state index in [2.05, 4.69) is 10.3 Å². The molecule has 1 heterocycles. The van der Waals surface area contributed by atoms with Crippen molar-refractivity contribution in [2.24, 2.45) is 0 Å². The standard InChI is InChI=1S/C10H17N3O3/c1-3-13-6-5-11-10(13)12-8(9(14)15)4-7-16-2/h5-6,8H,3-4,7H2,1-2H3,(H,11,12)(H,14,15). The van der Waals surface area contributed by atoms with E-state index in [9.17, 15) is 4.79 Å². The van der Waals surface area contributed by atoms with E-state index in [4.69, 9.17) is 9.84 Å². The SMILES string of the molecule is CCn1ccnc1NC(CCOC)C(=O)O. The van der Waals surface area contributed by atoms with Gasteiger partial charge >= 0.3 is 5.97 Å². The summed E-state index contributed by atoms with van der Waals surface area (Å²) in [6.07, 6.45) is 3.85. The topological polar surface area (TPSA) is 76.4 Å². The Kier molecular flexibility index (Phi) is 4.78. The van der Waals surface area contributed by atoms with Gasteiger partial charge in [-0.3, -0.25) is 0 Å². The molecule has 6 heteroatoms. The lowest BCUT2D eigenvalue weighted by molar-refractivity contribution is -0.138. The Labute approximate surface area is 94.2 Å². The highest BCUT2D eigenvalue weighted by Gasteiger charge is 2.18. The highest BCUT2D eigenvalue weighted by molar-refractivity contribution is 5.76. The van der Waals surface area contributed by atoms with Crippen LogP contribution in [0.3, 0.4) is 0 Å². The van der Waals surface area contributed by atoms with Crippen LogP contribution in [0.4, 0.5) is 5.95 Å². The predicted octanol–water partition coefficient (Wildman–Crippen LogP) is 0.805. The van der Waals surface area contributed by atoms with Crippen molar-refractivity contribution in [2.75, 3.05) is 19.0 Å². The smallest absolute Gasteiger partial charge is 0.326 e. The van der Waals surface area contributed by atoms with Crippen LogP contribution in [0.25, 0.3) is 0 Å². The molecule has 6 nitrogen and oxygen atoms in total. The largest absolute Gasteiger partial charge is 0.480 e. The number of aromatic nitrogens is 2. The molecule has 0 aliphatic heterocycles. The zero-order valence-electron chi connectivity index (χ0n) is 9.51. The Morgan fingerprint density at radius 3 is 3.06 bits per heavy atom. The molecule has 1 unspecified atom stereocenters. The first-order valence-electron chi connectivity index (χ1n) is 5.18. The molecule has 2 N–H and O–H groups in total. The number of hydrogen-bond acceptors (Lipinski definition) is 4. The maximum Gasteiger partial charge on any atom is 0.326 e. The van der Waals surface area contributed by atoms with Gasteiger partial charge < -0.3 is 19.7 Å². The van der Waals surface area contributed by atoms with Gasteiger partial charge in [-0.1, -0.05) is 0 Å². The van der Waals surface area contributed by atoms with Gasteiger partial charge in [0.05, 0.1) is 0 Å². The molecule has 90 valence electrons. The van der Waals surface area contributed by atoms with Crippen molar-refractivity contribution in [1.29, 1.82) is 0 Å². The molecule has 0 spiro atoms. The maximum atomic E-state index is 11.0. The maximum absolute atomic E-state index is 11.0. The summed E-state index contributed by atoms with van der Waals surface area (Å²) in [7, 11) is 1.55. The molecule has 0 aromatic carbocycles. The minimum absolute atomic E-state index is 0.400. The second kappa shape index (κ2) is 6.12. The van der Waals surface area contributed by atoms with Gasteiger partial charge in [0.25, 0.3) is 0 Å². The summed E-state index contributed by atoms with van der Waals surface area (Å²) in [6, 6.07) is -0.673. The summed E-state index contributed by atoms with van der Waals surface area (Å²) in [5, 5.41) is 11.9. The molecule has 1 rings (SSSR count). The summed E-state index contributed by atoms with van der Waals surface area (Å²) in [4.78, 5) is 15.0.